The van der Waals surface area contributed by atoms with Gasteiger partial charge in [0.05, 0.1) is 11.3 Å². The summed E-state index contributed by atoms with van der Waals surface area (Å²) in [5.41, 5.74) is 0.676. The molecule has 0 atom stereocenters. The molecule has 0 bridgehead atoms. The van der Waals surface area contributed by atoms with Crippen LogP contribution in [0.5, 0.6) is 0 Å². The van der Waals surface area contributed by atoms with Gasteiger partial charge in [0.2, 0.25) is 5.91 Å². The Morgan fingerprint density at radius 2 is 1.67 bits per heavy atom. The lowest BCUT2D eigenvalue weighted by atomic mass is 10.1. The Morgan fingerprint density at radius 1 is 0.963 bits per heavy atom. The number of rotatable bonds is 8. The molecule has 0 unspecified atom stereocenters. The van der Waals surface area contributed by atoms with E-state index < -0.39 is 0 Å². The Kier molecular flexibility index (Phi) is 8.02. The van der Waals surface area contributed by atoms with Crippen LogP contribution in [-0.2, 0) is 4.79 Å². The van der Waals surface area contributed by atoms with Gasteiger partial charge in [-0.1, -0.05) is 18.6 Å². The third-order valence-corrected chi connectivity index (χ3v) is 6.39. The predicted molar refractivity (Wildman–Crippen MR) is 110 cm³/mol. The van der Waals surface area contributed by atoms with Gasteiger partial charge in [0.25, 0.3) is 5.91 Å². The van der Waals surface area contributed by atoms with Gasteiger partial charge in [0.15, 0.2) is 0 Å². The second kappa shape index (κ2) is 10.7. The summed E-state index contributed by atoms with van der Waals surface area (Å²) in [5.74, 6) is 0.541. The highest BCUT2D eigenvalue weighted by Gasteiger charge is 2.19. The number of thioether (sulfide) groups is 1. The Morgan fingerprint density at radius 3 is 2.44 bits per heavy atom. The molecule has 0 aromatic heterocycles. The molecular weight excluding hydrogens is 358 g/mol. The minimum absolute atomic E-state index is 0.0367. The van der Waals surface area contributed by atoms with E-state index >= 15 is 0 Å². The lowest BCUT2D eigenvalue weighted by Gasteiger charge is -2.26. The van der Waals surface area contributed by atoms with Crippen molar-refractivity contribution in [3.8, 4) is 0 Å². The lowest BCUT2D eigenvalue weighted by molar-refractivity contribution is -0.127. The molecule has 2 aliphatic rings. The number of hydrogen-bond acceptors (Lipinski definition) is 4. The Balaban J connectivity index is 1.44. The molecule has 1 N–H and O–H groups in total. The number of nitrogens with zero attached hydrogens (tertiary/aromatic N) is 2. The summed E-state index contributed by atoms with van der Waals surface area (Å²) in [6.45, 7) is 5.88. The summed E-state index contributed by atoms with van der Waals surface area (Å²) in [4.78, 5) is 30.1. The third kappa shape index (κ3) is 6.25. The summed E-state index contributed by atoms with van der Waals surface area (Å²) in [6.07, 6.45) is 7.14. The normalized spacial score (nSPS) is 17.9. The molecule has 2 aliphatic heterocycles. The fraction of sp³-hybridized carbons (Fsp3) is 0.619. The molecule has 0 saturated carbocycles. The number of piperidine rings is 1. The van der Waals surface area contributed by atoms with Crippen molar-refractivity contribution in [1.82, 2.24) is 15.1 Å². The van der Waals surface area contributed by atoms with Crippen molar-refractivity contribution in [3.05, 3.63) is 29.8 Å². The molecule has 6 heteroatoms. The zero-order chi connectivity index (χ0) is 18.9. The van der Waals surface area contributed by atoms with Crippen molar-refractivity contribution in [2.24, 2.45) is 0 Å². The summed E-state index contributed by atoms with van der Waals surface area (Å²) < 4.78 is 0. The molecule has 2 fully saturated rings. The van der Waals surface area contributed by atoms with E-state index in [1.54, 1.807) is 0 Å². The average Bonchev–Trinajstić information content (AvgIpc) is 3.25. The Labute approximate surface area is 166 Å². The maximum absolute atomic E-state index is 12.6. The van der Waals surface area contributed by atoms with E-state index in [0.717, 1.165) is 43.8 Å². The van der Waals surface area contributed by atoms with Gasteiger partial charge < -0.3 is 15.1 Å². The molecule has 5 nitrogen and oxygen atoms in total. The van der Waals surface area contributed by atoms with Gasteiger partial charge in [-0.05, 0) is 63.9 Å². The molecule has 1 aromatic rings. The molecule has 2 heterocycles. The van der Waals surface area contributed by atoms with E-state index in [9.17, 15) is 9.59 Å². The second-order valence-electron chi connectivity index (χ2n) is 7.38. The molecule has 1 aromatic carbocycles. The summed E-state index contributed by atoms with van der Waals surface area (Å²) in [6, 6.07) is 7.60. The summed E-state index contributed by atoms with van der Waals surface area (Å²) in [5, 5.41) is 3.05. The van der Waals surface area contributed by atoms with Crippen molar-refractivity contribution in [1.29, 1.82) is 0 Å². The van der Waals surface area contributed by atoms with Crippen molar-refractivity contribution < 1.29 is 9.59 Å². The van der Waals surface area contributed by atoms with Crippen LogP contribution < -0.4 is 5.32 Å². The molecule has 0 radical (unpaired) electrons. The lowest BCUT2D eigenvalue weighted by Crippen LogP contribution is -2.33. The number of nitrogens with one attached hydrogen (secondary N) is 1. The predicted octanol–water partition coefficient (Wildman–Crippen LogP) is 3.01. The van der Waals surface area contributed by atoms with Crippen molar-refractivity contribution >= 4 is 23.6 Å². The van der Waals surface area contributed by atoms with Crippen molar-refractivity contribution in [2.45, 2.75) is 43.4 Å². The first-order chi connectivity index (χ1) is 13.2. The summed E-state index contributed by atoms with van der Waals surface area (Å²) in [7, 11) is 0. The first-order valence-corrected chi connectivity index (χ1v) is 11.2. The van der Waals surface area contributed by atoms with E-state index in [-0.39, 0.29) is 11.8 Å². The summed E-state index contributed by atoms with van der Waals surface area (Å²) >= 11 is 1.47. The van der Waals surface area contributed by atoms with Crippen LogP contribution in [0.2, 0.25) is 0 Å². The number of likely N-dealkylation sites (tertiary alicyclic amines) is 2. The maximum atomic E-state index is 12.6. The molecule has 0 spiro atoms. The van der Waals surface area contributed by atoms with Crippen LogP contribution in [-0.4, -0.2) is 66.6 Å². The quantitative estimate of drug-likeness (QED) is 0.549. The zero-order valence-electron chi connectivity index (χ0n) is 16.1. The number of carbonyl (C=O) groups excluding carboxylic acids is 2. The first kappa shape index (κ1) is 20.2. The van der Waals surface area contributed by atoms with E-state index in [4.69, 9.17) is 0 Å². The first-order valence-electron chi connectivity index (χ1n) is 10.2. The van der Waals surface area contributed by atoms with Gasteiger partial charge in [-0.3, -0.25) is 9.59 Å². The smallest absolute Gasteiger partial charge is 0.252 e. The average molecular weight is 390 g/mol. The highest BCUT2D eigenvalue weighted by molar-refractivity contribution is 8.00. The zero-order valence-corrected chi connectivity index (χ0v) is 16.9. The molecule has 148 valence electrons. The van der Waals surface area contributed by atoms with Crippen LogP contribution in [0.25, 0.3) is 0 Å². The SMILES string of the molecule is O=C(NCCCN1CCCCC1)c1ccccc1SCC(=O)N1CCCC1. The molecule has 2 saturated heterocycles. The van der Waals surface area contributed by atoms with Gasteiger partial charge in [-0.25, -0.2) is 0 Å². The molecule has 2 amide bonds. The van der Waals surface area contributed by atoms with E-state index in [1.807, 2.05) is 29.2 Å². The molecular formula is C21H31N3O2S. The number of amides is 2. The van der Waals surface area contributed by atoms with E-state index in [1.165, 1.54) is 44.1 Å². The van der Waals surface area contributed by atoms with Gasteiger partial charge >= 0.3 is 0 Å². The largest absolute Gasteiger partial charge is 0.352 e. The van der Waals surface area contributed by atoms with Crippen LogP contribution in [0.4, 0.5) is 0 Å². The molecule has 27 heavy (non-hydrogen) atoms. The Hall–Kier alpha value is -1.53. The standard InChI is InChI=1S/C21H31N3O2S/c25-20(24-15-6-7-16-24)17-27-19-10-3-2-9-18(19)21(26)22-11-8-14-23-12-4-1-5-13-23/h2-3,9-10H,1,4-8,11-17H2,(H,22,26). The van der Waals surface area contributed by atoms with Gasteiger partial charge in [-0.2, -0.15) is 0 Å². The van der Waals surface area contributed by atoms with Crippen LogP contribution in [0.1, 0.15) is 48.9 Å². The molecule has 3 rings (SSSR count). The van der Waals surface area contributed by atoms with E-state index in [2.05, 4.69) is 10.2 Å². The highest BCUT2D eigenvalue weighted by atomic mass is 32.2. The number of hydrogen-bond donors (Lipinski definition) is 1. The van der Waals surface area contributed by atoms with Crippen LogP contribution in [0, 0.1) is 0 Å². The molecule has 0 aliphatic carbocycles. The van der Waals surface area contributed by atoms with Gasteiger partial charge in [-0.15, -0.1) is 11.8 Å². The van der Waals surface area contributed by atoms with Crippen LogP contribution >= 0.6 is 11.8 Å². The fourth-order valence-corrected chi connectivity index (χ4v) is 4.71. The van der Waals surface area contributed by atoms with E-state index in [0.29, 0.717) is 17.9 Å². The fourth-order valence-electron chi connectivity index (χ4n) is 3.76. The highest BCUT2D eigenvalue weighted by Crippen LogP contribution is 2.23. The minimum atomic E-state index is -0.0367. The van der Waals surface area contributed by atoms with Gasteiger partial charge in [0.1, 0.15) is 0 Å². The maximum Gasteiger partial charge on any atom is 0.252 e. The topological polar surface area (TPSA) is 52.7 Å². The minimum Gasteiger partial charge on any atom is -0.352 e. The Bertz CT molecular complexity index is 626. The van der Waals surface area contributed by atoms with Crippen molar-refractivity contribution in [2.75, 3.05) is 45.0 Å². The number of carbonyl (C=O) groups is 2. The van der Waals surface area contributed by atoms with Crippen LogP contribution in [0.15, 0.2) is 29.2 Å². The number of benzene rings is 1. The monoisotopic (exact) mass is 389 g/mol. The van der Waals surface area contributed by atoms with Crippen LogP contribution in [0.3, 0.4) is 0 Å². The van der Waals surface area contributed by atoms with Crippen molar-refractivity contribution in [3.63, 3.8) is 0 Å². The van der Waals surface area contributed by atoms with Gasteiger partial charge in [0, 0.05) is 24.5 Å². The second-order valence-corrected chi connectivity index (χ2v) is 8.40. The third-order valence-electron chi connectivity index (χ3n) is 5.33.